The molecule has 1 aromatic rings. The molecule has 3 N–H and O–H groups in total. The molecule has 1 aromatic heterocycles. The SMILES string of the molecule is CC(=O)N[C@@H](C(=O)NCCC(=O)Nc1cccc(C)n1)C1CCCC1. The molecule has 1 aliphatic carbocycles. The summed E-state index contributed by atoms with van der Waals surface area (Å²) < 4.78 is 0. The highest BCUT2D eigenvalue weighted by atomic mass is 16.2. The standard InChI is InChI=1S/C18H26N4O3/c1-12-6-5-9-15(20-12)22-16(24)10-11-19-18(25)17(21-13(2)23)14-7-3-4-8-14/h5-6,9,14,17H,3-4,7-8,10-11H2,1-2H3,(H,19,25)(H,21,23)(H,20,22,24)/t17-/m1/s1. The van der Waals surface area contributed by atoms with E-state index in [0.29, 0.717) is 5.82 Å². The van der Waals surface area contributed by atoms with Crippen LogP contribution in [0.1, 0.15) is 44.7 Å². The molecule has 3 amide bonds. The maximum absolute atomic E-state index is 12.4. The highest BCUT2D eigenvalue weighted by Crippen LogP contribution is 2.27. The van der Waals surface area contributed by atoms with Crippen LogP contribution in [0.4, 0.5) is 5.82 Å². The molecular formula is C18H26N4O3. The third-order valence-corrected chi connectivity index (χ3v) is 4.32. The Morgan fingerprint density at radius 3 is 2.60 bits per heavy atom. The zero-order chi connectivity index (χ0) is 18.2. The number of hydrogen-bond acceptors (Lipinski definition) is 4. The summed E-state index contributed by atoms with van der Waals surface area (Å²) in [6.07, 6.45) is 4.20. The van der Waals surface area contributed by atoms with Crippen molar-refractivity contribution in [2.24, 2.45) is 5.92 Å². The minimum Gasteiger partial charge on any atom is -0.354 e. The van der Waals surface area contributed by atoms with Gasteiger partial charge in [0.1, 0.15) is 11.9 Å². The van der Waals surface area contributed by atoms with Crippen molar-refractivity contribution in [1.29, 1.82) is 0 Å². The maximum Gasteiger partial charge on any atom is 0.242 e. The van der Waals surface area contributed by atoms with Crippen molar-refractivity contribution < 1.29 is 14.4 Å². The van der Waals surface area contributed by atoms with Crippen molar-refractivity contribution in [3.8, 4) is 0 Å². The van der Waals surface area contributed by atoms with Gasteiger partial charge in [0.2, 0.25) is 17.7 Å². The van der Waals surface area contributed by atoms with Crippen molar-refractivity contribution in [3.63, 3.8) is 0 Å². The Kier molecular flexibility index (Phi) is 6.91. The fourth-order valence-corrected chi connectivity index (χ4v) is 3.13. The van der Waals surface area contributed by atoms with Gasteiger partial charge in [-0.25, -0.2) is 4.98 Å². The molecule has 0 aliphatic heterocycles. The molecule has 0 unspecified atom stereocenters. The normalized spacial score (nSPS) is 15.4. The van der Waals surface area contributed by atoms with E-state index in [1.165, 1.54) is 6.92 Å². The molecule has 1 saturated carbocycles. The highest BCUT2D eigenvalue weighted by molar-refractivity contribution is 5.91. The third kappa shape index (κ3) is 6.17. The van der Waals surface area contributed by atoms with Crippen LogP contribution in [-0.2, 0) is 14.4 Å². The van der Waals surface area contributed by atoms with Gasteiger partial charge in [0, 0.05) is 25.6 Å². The second-order valence-electron chi connectivity index (χ2n) is 6.48. The third-order valence-electron chi connectivity index (χ3n) is 4.32. The zero-order valence-electron chi connectivity index (χ0n) is 14.8. The monoisotopic (exact) mass is 346 g/mol. The number of rotatable bonds is 7. The van der Waals surface area contributed by atoms with E-state index < -0.39 is 6.04 Å². The fraction of sp³-hybridized carbons (Fsp3) is 0.556. The molecule has 0 bridgehead atoms. The second kappa shape index (κ2) is 9.15. The zero-order valence-corrected chi connectivity index (χ0v) is 14.8. The van der Waals surface area contributed by atoms with Gasteiger partial charge >= 0.3 is 0 Å². The van der Waals surface area contributed by atoms with Gasteiger partial charge in [-0.1, -0.05) is 18.9 Å². The second-order valence-corrected chi connectivity index (χ2v) is 6.48. The van der Waals surface area contributed by atoms with E-state index in [2.05, 4.69) is 20.9 Å². The van der Waals surface area contributed by atoms with Crippen LogP contribution in [0.15, 0.2) is 18.2 Å². The Bertz CT molecular complexity index is 627. The maximum atomic E-state index is 12.4. The van der Waals surface area contributed by atoms with E-state index >= 15 is 0 Å². The molecule has 7 heteroatoms. The van der Waals surface area contributed by atoms with Crippen LogP contribution in [0.25, 0.3) is 0 Å². The topological polar surface area (TPSA) is 100 Å². The molecule has 7 nitrogen and oxygen atoms in total. The number of nitrogens with one attached hydrogen (secondary N) is 3. The molecule has 0 saturated heterocycles. The number of anilines is 1. The first-order chi connectivity index (χ1) is 12.0. The van der Waals surface area contributed by atoms with Gasteiger partial charge in [-0.05, 0) is 37.8 Å². The Morgan fingerprint density at radius 2 is 1.96 bits per heavy atom. The predicted octanol–water partition coefficient (Wildman–Crippen LogP) is 1.53. The first-order valence-corrected chi connectivity index (χ1v) is 8.74. The van der Waals surface area contributed by atoms with Crippen LogP contribution in [0, 0.1) is 12.8 Å². The first kappa shape index (κ1) is 18.9. The minimum absolute atomic E-state index is 0.152. The number of amides is 3. The average Bonchev–Trinajstić information content (AvgIpc) is 3.06. The van der Waals surface area contributed by atoms with Gasteiger partial charge in [-0.2, -0.15) is 0 Å². The molecule has 136 valence electrons. The number of nitrogens with zero attached hydrogens (tertiary/aromatic N) is 1. The van der Waals surface area contributed by atoms with Crippen molar-refractivity contribution in [2.45, 2.75) is 52.0 Å². The van der Waals surface area contributed by atoms with E-state index in [-0.39, 0.29) is 36.6 Å². The summed E-state index contributed by atoms with van der Waals surface area (Å²) >= 11 is 0. The van der Waals surface area contributed by atoms with Gasteiger partial charge in [0.25, 0.3) is 0 Å². The van der Waals surface area contributed by atoms with Crippen LogP contribution >= 0.6 is 0 Å². The molecule has 1 aliphatic rings. The van der Waals surface area contributed by atoms with Crippen molar-refractivity contribution >= 4 is 23.5 Å². The van der Waals surface area contributed by atoms with E-state index in [4.69, 9.17) is 0 Å². The fourth-order valence-electron chi connectivity index (χ4n) is 3.13. The highest BCUT2D eigenvalue weighted by Gasteiger charge is 2.31. The summed E-state index contributed by atoms with van der Waals surface area (Å²) in [7, 11) is 0. The van der Waals surface area contributed by atoms with Crippen LogP contribution in [0.2, 0.25) is 0 Å². The molecule has 25 heavy (non-hydrogen) atoms. The molecule has 1 atom stereocenters. The summed E-state index contributed by atoms with van der Waals surface area (Å²) in [6, 6.07) is 4.87. The lowest BCUT2D eigenvalue weighted by Gasteiger charge is -2.23. The number of pyridine rings is 1. The summed E-state index contributed by atoms with van der Waals surface area (Å²) in [6.45, 7) is 3.48. The Labute approximate surface area is 148 Å². The summed E-state index contributed by atoms with van der Waals surface area (Å²) in [5.74, 6) is 0.0295. The number of hydrogen-bond donors (Lipinski definition) is 3. The van der Waals surface area contributed by atoms with Gasteiger partial charge in [-0.3, -0.25) is 14.4 Å². The number of carbonyl (C=O) groups excluding carboxylic acids is 3. The number of carbonyl (C=O) groups is 3. The van der Waals surface area contributed by atoms with Crippen LogP contribution in [-0.4, -0.2) is 35.3 Å². The predicted molar refractivity (Wildman–Crippen MR) is 94.8 cm³/mol. The lowest BCUT2D eigenvalue weighted by Crippen LogP contribution is -2.50. The van der Waals surface area contributed by atoms with Crippen molar-refractivity contribution in [3.05, 3.63) is 23.9 Å². The lowest BCUT2D eigenvalue weighted by atomic mass is 9.97. The van der Waals surface area contributed by atoms with Crippen LogP contribution in [0.3, 0.4) is 0 Å². The summed E-state index contributed by atoms with van der Waals surface area (Å²) in [5, 5.41) is 8.20. The van der Waals surface area contributed by atoms with E-state index in [1.54, 1.807) is 6.07 Å². The first-order valence-electron chi connectivity index (χ1n) is 8.74. The van der Waals surface area contributed by atoms with E-state index in [9.17, 15) is 14.4 Å². The largest absolute Gasteiger partial charge is 0.354 e. The van der Waals surface area contributed by atoms with Crippen molar-refractivity contribution in [2.75, 3.05) is 11.9 Å². The molecule has 0 radical (unpaired) electrons. The molecule has 2 rings (SSSR count). The molecule has 1 heterocycles. The van der Waals surface area contributed by atoms with Gasteiger partial charge in [-0.15, -0.1) is 0 Å². The van der Waals surface area contributed by atoms with E-state index in [0.717, 1.165) is 31.4 Å². The Balaban J connectivity index is 1.79. The van der Waals surface area contributed by atoms with E-state index in [1.807, 2.05) is 19.1 Å². The van der Waals surface area contributed by atoms with Crippen LogP contribution < -0.4 is 16.0 Å². The minimum atomic E-state index is -0.512. The number of aromatic nitrogens is 1. The molecular weight excluding hydrogens is 320 g/mol. The molecule has 0 aromatic carbocycles. The number of aryl methyl sites for hydroxylation is 1. The van der Waals surface area contributed by atoms with Crippen LogP contribution in [0.5, 0.6) is 0 Å². The quantitative estimate of drug-likeness (QED) is 0.697. The molecule has 0 spiro atoms. The van der Waals surface area contributed by atoms with Crippen molar-refractivity contribution in [1.82, 2.24) is 15.6 Å². The Hall–Kier alpha value is -2.44. The molecule has 1 fully saturated rings. The lowest BCUT2D eigenvalue weighted by molar-refractivity contribution is -0.129. The van der Waals surface area contributed by atoms with Gasteiger partial charge < -0.3 is 16.0 Å². The Morgan fingerprint density at radius 1 is 1.24 bits per heavy atom. The average molecular weight is 346 g/mol. The van der Waals surface area contributed by atoms with Gasteiger partial charge in [0.15, 0.2) is 0 Å². The summed E-state index contributed by atoms with van der Waals surface area (Å²) in [5.41, 5.74) is 0.820. The smallest absolute Gasteiger partial charge is 0.242 e. The summed E-state index contributed by atoms with van der Waals surface area (Å²) in [4.78, 5) is 39.9. The van der Waals surface area contributed by atoms with Gasteiger partial charge in [0.05, 0.1) is 0 Å².